The van der Waals surface area contributed by atoms with Crippen molar-refractivity contribution in [1.82, 2.24) is 30.4 Å². The molecule has 2 aromatic carbocycles. The molecule has 2 fully saturated rings. The molecule has 0 unspecified atom stereocenters. The Morgan fingerprint density at radius 1 is 0.769 bits per heavy atom. The number of anilines is 1. The van der Waals surface area contributed by atoms with Crippen LogP contribution >= 0.6 is 0 Å². The average Bonchev–Trinajstić information content (AvgIpc) is 3.94. The fraction of sp³-hybridized carbons (Fsp3) is 0.474. The third kappa shape index (κ3) is 8.72. The van der Waals surface area contributed by atoms with Gasteiger partial charge in [-0.3, -0.25) is 14.4 Å². The van der Waals surface area contributed by atoms with Crippen LogP contribution in [0.25, 0.3) is 22.4 Å². The molecule has 0 aliphatic carbocycles. The van der Waals surface area contributed by atoms with Gasteiger partial charge in [0.1, 0.15) is 17.9 Å². The Morgan fingerprint density at radius 3 is 1.90 bits per heavy atom. The van der Waals surface area contributed by atoms with E-state index in [9.17, 15) is 24.0 Å². The van der Waals surface area contributed by atoms with Crippen LogP contribution in [0.4, 0.5) is 15.3 Å². The summed E-state index contributed by atoms with van der Waals surface area (Å²) in [6.07, 6.45) is 2.62. The van der Waals surface area contributed by atoms with Crippen LogP contribution in [-0.4, -0.2) is 95.6 Å². The van der Waals surface area contributed by atoms with Gasteiger partial charge < -0.3 is 40.2 Å². The maximum absolute atomic E-state index is 13.5. The summed E-state index contributed by atoms with van der Waals surface area (Å²) in [6.45, 7) is 8.77. The summed E-state index contributed by atoms with van der Waals surface area (Å²) in [5, 5.41) is 8.26. The van der Waals surface area contributed by atoms with Crippen molar-refractivity contribution in [2.24, 2.45) is 17.8 Å². The summed E-state index contributed by atoms with van der Waals surface area (Å²) in [7, 11) is 2.53. The lowest BCUT2D eigenvalue weighted by atomic mass is 10.0. The first kappa shape index (κ1) is 37.8. The lowest BCUT2D eigenvalue weighted by molar-refractivity contribution is -0.135. The van der Waals surface area contributed by atoms with Gasteiger partial charge in [-0.25, -0.2) is 14.6 Å². The highest BCUT2D eigenvalue weighted by molar-refractivity contribution is 5.94. The van der Waals surface area contributed by atoms with Crippen molar-refractivity contribution < 1.29 is 33.4 Å². The standard InChI is InChI=1S/C38H49N7O7/c1-22(2)31(42-37(49)51-5)35(47)44-19-17-27(21-44)34(46)40-28-15-13-25(14-16-28)24-9-11-26(12-10-24)29-20-39-33(41-29)30-8-7-18-45(30)36(48)32(23(3)4)43-38(50)52-6/h9-16,20,22-23,27,30-32H,7-8,17-19,21H2,1-6H3,(H,39,41)(H,40,46)(H,42,49)(H,43,50)/t27-,30+,31+,32+/m1/s1. The molecule has 0 bridgehead atoms. The first-order chi connectivity index (χ1) is 24.9. The summed E-state index contributed by atoms with van der Waals surface area (Å²) in [5.74, 6) is -0.439. The Morgan fingerprint density at radius 2 is 1.33 bits per heavy atom. The number of carbonyl (C=O) groups excluding carboxylic acids is 5. The van der Waals surface area contributed by atoms with E-state index >= 15 is 0 Å². The molecule has 5 rings (SSSR count). The van der Waals surface area contributed by atoms with Gasteiger partial charge >= 0.3 is 12.2 Å². The van der Waals surface area contributed by atoms with Crippen LogP contribution in [-0.2, 0) is 23.9 Å². The maximum atomic E-state index is 13.5. The van der Waals surface area contributed by atoms with Gasteiger partial charge in [0.05, 0.1) is 38.1 Å². The molecule has 5 amide bonds. The lowest BCUT2D eigenvalue weighted by Gasteiger charge is -2.30. The molecule has 0 spiro atoms. The number of alkyl carbamates (subject to hydrolysis) is 2. The number of hydrogen-bond acceptors (Lipinski definition) is 8. The molecule has 1 aromatic heterocycles. The summed E-state index contributed by atoms with van der Waals surface area (Å²) in [6, 6.07) is 14.0. The number of ether oxygens (including phenoxy) is 2. The first-order valence-electron chi connectivity index (χ1n) is 17.7. The molecule has 3 aromatic rings. The predicted octanol–water partition coefficient (Wildman–Crippen LogP) is 4.96. The topological polar surface area (TPSA) is 175 Å². The monoisotopic (exact) mass is 715 g/mol. The van der Waals surface area contributed by atoms with Crippen molar-refractivity contribution in [1.29, 1.82) is 0 Å². The number of rotatable bonds is 11. The first-order valence-corrected chi connectivity index (χ1v) is 17.7. The van der Waals surface area contributed by atoms with Gasteiger partial charge in [-0.2, -0.15) is 0 Å². The maximum Gasteiger partial charge on any atom is 0.407 e. The number of carbonyl (C=O) groups is 5. The zero-order chi connectivity index (χ0) is 37.5. The molecule has 0 radical (unpaired) electrons. The van der Waals surface area contributed by atoms with E-state index in [1.807, 2.05) is 76.2 Å². The number of amides is 5. The summed E-state index contributed by atoms with van der Waals surface area (Å²) in [4.78, 5) is 74.8. The van der Waals surface area contributed by atoms with E-state index in [4.69, 9.17) is 4.74 Å². The van der Waals surface area contributed by atoms with Gasteiger partial charge in [0.2, 0.25) is 17.7 Å². The third-order valence-corrected chi connectivity index (χ3v) is 9.78. The summed E-state index contributed by atoms with van der Waals surface area (Å²) >= 11 is 0. The smallest absolute Gasteiger partial charge is 0.407 e. The summed E-state index contributed by atoms with van der Waals surface area (Å²) in [5.41, 5.74) is 4.41. The average molecular weight is 716 g/mol. The Kier molecular flexibility index (Phi) is 12.2. The SMILES string of the molecule is COC(=O)N[C@H](C(=O)N1CC[C@@H](C(=O)Nc2ccc(-c3ccc(-c4cnc([C@@H]5CCCN5C(=O)[C@@H](NC(=O)OC)C(C)C)[nH]4)cc3)cc2)C1)C(C)C. The molecule has 14 nitrogen and oxygen atoms in total. The molecule has 52 heavy (non-hydrogen) atoms. The summed E-state index contributed by atoms with van der Waals surface area (Å²) < 4.78 is 9.40. The molecular weight excluding hydrogens is 666 g/mol. The molecule has 2 aliphatic heterocycles. The van der Waals surface area contributed by atoms with Crippen molar-refractivity contribution in [2.75, 3.05) is 39.2 Å². The second-order valence-corrected chi connectivity index (χ2v) is 14.0. The molecule has 278 valence electrons. The molecular formula is C38H49N7O7. The minimum atomic E-state index is -0.727. The highest BCUT2D eigenvalue weighted by Gasteiger charge is 2.38. The number of H-pyrrole nitrogens is 1. The molecule has 0 saturated carbocycles. The molecule has 4 N–H and O–H groups in total. The van der Waals surface area contributed by atoms with E-state index in [2.05, 4.69) is 30.7 Å². The highest BCUT2D eigenvalue weighted by Crippen LogP contribution is 2.33. The number of aromatic nitrogens is 2. The van der Waals surface area contributed by atoms with E-state index in [-0.39, 0.29) is 48.1 Å². The van der Waals surface area contributed by atoms with Crippen LogP contribution in [0.3, 0.4) is 0 Å². The zero-order valence-corrected chi connectivity index (χ0v) is 30.6. The van der Waals surface area contributed by atoms with Crippen LogP contribution < -0.4 is 16.0 Å². The van der Waals surface area contributed by atoms with Crippen LogP contribution in [0.15, 0.2) is 54.7 Å². The van der Waals surface area contributed by atoms with E-state index in [1.54, 1.807) is 16.0 Å². The number of methoxy groups -OCH3 is 2. The van der Waals surface area contributed by atoms with Gasteiger partial charge in [-0.1, -0.05) is 64.1 Å². The van der Waals surface area contributed by atoms with Gasteiger partial charge in [0.25, 0.3) is 0 Å². The molecule has 4 atom stereocenters. The van der Waals surface area contributed by atoms with Gasteiger partial charge in [-0.15, -0.1) is 0 Å². The highest BCUT2D eigenvalue weighted by atomic mass is 16.5. The zero-order valence-electron chi connectivity index (χ0n) is 30.6. The Balaban J connectivity index is 1.17. The second kappa shape index (κ2) is 16.7. The molecule has 2 aliphatic rings. The van der Waals surface area contributed by atoms with Crippen LogP contribution in [0.1, 0.15) is 58.8 Å². The van der Waals surface area contributed by atoms with Crippen molar-refractivity contribution >= 4 is 35.6 Å². The minimum Gasteiger partial charge on any atom is -0.453 e. The van der Waals surface area contributed by atoms with E-state index in [1.165, 1.54) is 14.2 Å². The predicted molar refractivity (Wildman–Crippen MR) is 195 cm³/mol. The fourth-order valence-corrected chi connectivity index (χ4v) is 6.75. The lowest BCUT2D eigenvalue weighted by Crippen LogP contribution is -2.51. The number of imidazole rings is 1. The minimum absolute atomic E-state index is 0.113. The molecule has 2 saturated heterocycles. The molecule has 14 heteroatoms. The number of benzene rings is 2. The number of nitrogens with one attached hydrogen (secondary N) is 4. The number of likely N-dealkylation sites (tertiary alicyclic amines) is 2. The van der Waals surface area contributed by atoms with E-state index < -0.39 is 24.3 Å². The fourth-order valence-electron chi connectivity index (χ4n) is 6.75. The quantitative estimate of drug-likeness (QED) is 0.216. The normalized spacial score (nSPS) is 18.2. The van der Waals surface area contributed by atoms with Crippen molar-refractivity contribution in [3.63, 3.8) is 0 Å². The van der Waals surface area contributed by atoms with Crippen molar-refractivity contribution in [2.45, 2.75) is 65.1 Å². The second-order valence-electron chi connectivity index (χ2n) is 14.0. The largest absolute Gasteiger partial charge is 0.453 e. The third-order valence-electron chi connectivity index (χ3n) is 9.78. The van der Waals surface area contributed by atoms with Gasteiger partial charge in [-0.05, 0) is 59.9 Å². The van der Waals surface area contributed by atoms with Crippen molar-refractivity contribution in [3.8, 4) is 22.4 Å². The van der Waals surface area contributed by atoms with Gasteiger partial charge in [0.15, 0.2) is 0 Å². The van der Waals surface area contributed by atoms with Crippen molar-refractivity contribution in [3.05, 3.63) is 60.6 Å². The Labute approximate surface area is 304 Å². The van der Waals surface area contributed by atoms with Crippen LogP contribution in [0.2, 0.25) is 0 Å². The number of nitrogens with zero attached hydrogens (tertiary/aromatic N) is 3. The Bertz CT molecular complexity index is 1740. The molecule has 3 heterocycles. The van der Waals surface area contributed by atoms with E-state index in [0.717, 1.165) is 35.2 Å². The van der Waals surface area contributed by atoms with Crippen LogP contribution in [0, 0.1) is 17.8 Å². The number of hydrogen-bond donors (Lipinski definition) is 4. The number of aromatic amines is 1. The van der Waals surface area contributed by atoms with Gasteiger partial charge in [0, 0.05) is 25.3 Å². The van der Waals surface area contributed by atoms with E-state index in [0.29, 0.717) is 31.0 Å². The Hall–Kier alpha value is -5.40. The van der Waals surface area contributed by atoms with Crippen LogP contribution in [0.5, 0.6) is 0 Å².